The van der Waals surface area contributed by atoms with E-state index in [4.69, 9.17) is 0 Å². The summed E-state index contributed by atoms with van der Waals surface area (Å²) in [6.45, 7) is 5.16. The fraction of sp³-hybridized carbons (Fsp3) is 0.375. The van der Waals surface area contributed by atoms with Crippen molar-refractivity contribution in [1.82, 2.24) is 9.97 Å². The van der Waals surface area contributed by atoms with Crippen LogP contribution < -0.4 is 10.2 Å². The highest BCUT2D eigenvalue weighted by molar-refractivity contribution is 5.66. The number of hydrogen-bond acceptors (Lipinski definition) is 4. The minimum Gasteiger partial charge on any atom is -0.357 e. The molecule has 2 aromatic rings. The number of aryl methyl sites for hydroxylation is 3. The molecule has 0 atom stereocenters. The van der Waals surface area contributed by atoms with Gasteiger partial charge in [0.2, 0.25) is 5.95 Å². The molecule has 20 heavy (non-hydrogen) atoms. The highest BCUT2D eigenvalue weighted by Crippen LogP contribution is 2.33. The number of nitrogens with one attached hydrogen (secondary N) is 1. The Balaban J connectivity index is 2.06. The van der Waals surface area contributed by atoms with E-state index in [2.05, 4.69) is 51.4 Å². The second kappa shape index (κ2) is 5.12. The molecule has 104 valence electrons. The molecule has 1 aromatic carbocycles. The molecule has 4 heteroatoms. The van der Waals surface area contributed by atoms with Crippen LogP contribution in [0.25, 0.3) is 0 Å². The molecular formula is C16H20N4. The maximum atomic E-state index is 4.60. The van der Waals surface area contributed by atoms with Gasteiger partial charge in [-0.25, -0.2) is 4.98 Å². The van der Waals surface area contributed by atoms with Crippen molar-refractivity contribution >= 4 is 17.5 Å². The summed E-state index contributed by atoms with van der Waals surface area (Å²) in [7, 11) is 1.85. The Hall–Kier alpha value is -2.10. The van der Waals surface area contributed by atoms with Crippen LogP contribution in [-0.2, 0) is 6.42 Å². The van der Waals surface area contributed by atoms with Gasteiger partial charge in [0.15, 0.2) is 0 Å². The number of nitrogens with zero attached hydrogens (tertiary/aromatic N) is 3. The topological polar surface area (TPSA) is 41.1 Å². The van der Waals surface area contributed by atoms with Gasteiger partial charge in [0.25, 0.3) is 0 Å². The van der Waals surface area contributed by atoms with Crippen molar-refractivity contribution in [2.45, 2.75) is 26.7 Å². The van der Waals surface area contributed by atoms with Crippen molar-refractivity contribution in [3.63, 3.8) is 0 Å². The zero-order chi connectivity index (χ0) is 14.1. The van der Waals surface area contributed by atoms with E-state index in [0.29, 0.717) is 5.95 Å². The number of rotatable bonds is 2. The first-order valence-corrected chi connectivity index (χ1v) is 7.08. The Labute approximate surface area is 119 Å². The van der Waals surface area contributed by atoms with Gasteiger partial charge in [-0.2, -0.15) is 4.98 Å². The van der Waals surface area contributed by atoms with Gasteiger partial charge in [-0.05, 0) is 38.3 Å². The lowest BCUT2D eigenvalue weighted by Crippen LogP contribution is -2.25. The molecule has 0 unspecified atom stereocenters. The molecule has 0 aliphatic carbocycles. The third-order valence-electron chi connectivity index (χ3n) is 3.69. The quantitative estimate of drug-likeness (QED) is 0.908. The van der Waals surface area contributed by atoms with Crippen LogP contribution in [-0.4, -0.2) is 23.6 Å². The summed E-state index contributed by atoms with van der Waals surface area (Å²) in [6.07, 6.45) is 2.31. The molecule has 4 nitrogen and oxygen atoms in total. The standard InChI is InChI=1S/C16H20N4/c1-11-6-7-14-13(9-11)5-4-8-20(14)15-10-12(2)18-16(17-3)19-15/h6-7,9-10H,4-5,8H2,1-3H3,(H,17,18,19). The Morgan fingerprint density at radius 2 is 2.00 bits per heavy atom. The number of aromatic nitrogens is 2. The van der Waals surface area contributed by atoms with Crippen LogP contribution in [0.3, 0.4) is 0 Å². The molecule has 0 amide bonds. The van der Waals surface area contributed by atoms with Gasteiger partial charge in [-0.15, -0.1) is 0 Å². The van der Waals surface area contributed by atoms with Gasteiger partial charge in [-0.3, -0.25) is 0 Å². The van der Waals surface area contributed by atoms with E-state index < -0.39 is 0 Å². The Morgan fingerprint density at radius 1 is 1.15 bits per heavy atom. The van der Waals surface area contributed by atoms with Gasteiger partial charge in [-0.1, -0.05) is 17.7 Å². The van der Waals surface area contributed by atoms with Crippen molar-refractivity contribution in [3.8, 4) is 0 Å². The fourth-order valence-corrected chi connectivity index (χ4v) is 2.77. The van der Waals surface area contributed by atoms with Crippen LogP contribution in [0.1, 0.15) is 23.2 Å². The normalized spacial score (nSPS) is 14.1. The highest BCUT2D eigenvalue weighted by Gasteiger charge is 2.20. The Kier molecular flexibility index (Phi) is 3.30. The summed E-state index contributed by atoms with van der Waals surface area (Å²) in [5.41, 5.74) is 5.00. The van der Waals surface area contributed by atoms with E-state index in [-0.39, 0.29) is 0 Å². The monoisotopic (exact) mass is 268 g/mol. The number of anilines is 3. The lowest BCUT2D eigenvalue weighted by molar-refractivity contribution is 0.757. The summed E-state index contributed by atoms with van der Waals surface area (Å²) in [5.74, 6) is 1.66. The summed E-state index contributed by atoms with van der Waals surface area (Å²) in [4.78, 5) is 11.3. The Bertz CT molecular complexity index is 636. The van der Waals surface area contributed by atoms with Gasteiger partial charge >= 0.3 is 0 Å². The molecule has 0 saturated heterocycles. The SMILES string of the molecule is CNc1nc(C)cc(N2CCCc3cc(C)ccc32)n1. The van der Waals surface area contributed by atoms with Crippen molar-refractivity contribution in [2.24, 2.45) is 0 Å². The lowest BCUT2D eigenvalue weighted by Gasteiger charge is -2.31. The van der Waals surface area contributed by atoms with E-state index in [0.717, 1.165) is 30.9 Å². The third kappa shape index (κ3) is 2.33. The van der Waals surface area contributed by atoms with Gasteiger partial charge in [0.1, 0.15) is 5.82 Å². The Morgan fingerprint density at radius 3 is 2.80 bits per heavy atom. The average molecular weight is 268 g/mol. The molecule has 0 fully saturated rings. The summed E-state index contributed by atoms with van der Waals surface area (Å²) in [5, 5.41) is 3.03. The molecule has 2 heterocycles. The fourth-order valence-electron chi connectivity index (χ4n) is 2.77. The predicted octanol–water partition coefficient (Wildman–Crippen LogP) is 3.22. The third-order valence-corrected chi connectivity index (χ3v) is 3.69. The second-order valence-corrected chi connectivity index (χ2v) is 5.33. The molecule has 1 aliphatic rings. The van der Waals surface area contributed by atoms with Gasteiger partial charge in [0, 0.05) is 31.0 Å². The molecule has 1 aromatic heterocycles. The maximum absolute atomic E-state index is 4.60. The molecule has 0 radical (unpaired) electrons. The van der Waals surface area contributed by atoms with Crippen molar-refractivity contribution in [3.05, 3.63) is 41.1 Å². The first-order chi connectivity index (χ1) is 9.67. The number of benzene rings is 1. The zero-order valence-corrected chi connectivity index (χ0v) is 12.3. The van der Waals surface area contributed by atoms with Crippen LogP contribution in [0.4, 0.5) is 17.5 Å². The first kappa shape index (κ1) is 12.9. The average Bonchev–Trinajstić information content (AvgIpc) is 2.45. The van der Waals surface area contributed by atoms with Crippen molar-refractivity contribution < 1.29 is 0 Å². The van der Waals surface area contributed by atoms with Crippen LogP contribution in [0.15, 0.2) is 24.3 Å². The predicted molar refractivity (Wildman–Crippen MR) is 82.8 cm³/mol. The number of fused-ring (bicyclic) bond motifs is 1. The van der Waals surface area contributed by atoms with Gasteiger partial charge < -0.3 is 10.2 Å². The largest absolute Gasteiger partial charge is 0.357 e. The molecule has 1 aliphatic heterocycles. The van der Waals surface area contributed by atoms with E-state index in [1.54, 1.807) is 0 Å². The minimum absolute atomic E-state index is 0.680. The molecule has 0 saturated carbocycles. The smallest absolute Gasteiger partial charge is 0.224 e. The van der Waals surface area contributed by atoms with E-state index in [1.807, 2.05) is 14.0 Å². The molecular weight excluding hydrogens is 248 g/mol. The molecule has 1 N–H and O–H groups in total. The van der Waals surface area contributed by atoms with E-state index >= 15 is 0 Å². The van der Waals surface area contributed by atoms with Crippen molar-refractivity contribution in [1.29, 1.82) is 0 Å². The van der Waals surface area contributed by atoms with Crippen LogP contribution in [0, 0.1) is 13.8 Å². The van der Waals surface area contributed by atoms with Crippen LogP contribution in [0.2, 0.25) is 0 Å². The lowest BCUT2D eigenvalue weighted by atomic mass is 9.99. The van der Waals surface area contributed by atoms with Crippen LogP contribution in [0.5, 0.6) is 0 Å². The summed E-state index contributed by atoms with van der Waals surface area (Å²) in [6, 6.07) is 8.72. The zero-order valence-electron chi connectivity index (χ0n) is 12.3. The first-order valence-electron chi connectivity index (χ1n) is 7.08. The molecule has 3 rings (SSSR count). The summed E-state index contributed by atoms with van der Waals surface area (Å²) >= 11 is 0. The van der Waals surface area contributed by atoms with E-state index in [1.165, 1.54) is 16.8 Å². The van der Waals surface area contributed by atoms with E-state index in [9.17, 15) is 0 Å². The maximum Gasteiger partial charge on any atom is 0.224 e. The number of hydrogen-bond donors (Lipinski definition) is 1. The van der Waals surface area contributed by atoms with Gasteiger partial charge in [0.05, 0.1) is 0 Å². The molecule has 0 bridgehead atoms. The highest BCUT2D eigenvalue weighted by atomic mass is 15.2. The van der Waals surface area contributed by atoms with Crippen molar-refractivity contribution in [2.75, 3.05) is 23.8 Å². The van der Waals surface area contributed by atoms with Crippen LogP contribution >= 0.6 is 0 Å². The minimum atomic E-state index is 0.680. The second-order valence-electron chi connectivity index (χ2n) is 5.33. The molecule has 0 spiro atoms. The summed E-state index contributed by atoms with van der Waals surface area (Å²) < 4.78 is 0.